The van der Waals surface area contributed by atoms with Crippen molar-refractivity contribution >= 4 is 43.2 Å². The highest BCUT2D eigenvalue weighted by atomic mass is 32.2. The number of rotatable bonds is 6. The Morgan fingerprint density at radius 3 is 2.41 bits per heavy atom. The van der Waals surface area contributed by atoms with Crippen LogP contribution in [-0.2, 0) is 14.8 Å². The highest BCUT2D eigenvalue weighted by Gasteiger charge is 2.33. The predicted octanol–water partition coefficient (Wildman–Crippen LogP) is 3.26. The number of sulfonamides is 1. The third-order valence-corrected chi connectivity index (χ3v) is 8.08. The summed E-state index contributed by atoms with van der Waals surface area (Å²) in [6, 6.07) is 14.2. The Labute approximate surface area is 193 Å². The van der Waals surface area contributed by atoms with Gasteiger partial charge in [-0.3, -0.25) is 4.79 Å². The zero-order valence-electron chi connectivity index (χ0n) is 18.5. The summed E-state index contributed by atoms with van der Waals surface area (Å²) in [5.74, 6) is -0.357. The maximum absolute atomic E-state index is 13.3. The predicted molar refractivity (Wildman–Crippen MR) is 129 cm³/mol. The van der Waals surface area contributed by atoms with Gasteiger partial charge >= 0.3 is 0 Å². The van der Waals surface area contributed by atoms with Gasteiger partial charge in [-0.15, -0.1) is 11.3 Å². The molecule has 7 nitrogen and oxygen atoms in total. The maximum Gasteiger partial charge on any atom is 0.241 e. The third-order valence-electron chi connectivity index (χ3n) is 5.70. The van der Waals surface area contributed by atoms with E-state index in [1.165, 1.54) is 11.3 Å². The number of thiazole rings is 1. The van der Waals surface area contributed by atoms with Crippen LogP contribution in [0.5, 0.6) is 0 Å². The van der Waals surface area contributed by atoms with Crippen LogP contribution in [0.15, 0.2) is 53.4 Å². The van der Waals surface area contributed by atoms with E-state index in [-0.39, 0.29) is 16.7 Å². The quantitative estimate of drug-likeness (QED) is 0.596. The number of nitrogens with zero attached hydrogens (tertiary/aromatic N) is 3. The standard InChI is InChI=1S/C23H28N4O3S2/c1-16(2)22(23(28)27-13-11-26(12-14-27)18-7-5-4-6-8-18)25-32(29,30)19-9-10-20-21(15-19)31-17(3)24-20/h4-10,15-16,22,25H,11-14H2,1-3H3/t22-/m1/s1. The van der Waals surface area contributed by atoms with E-state index in [2.05, 4.69) is 26.7 Å². The topological polar surface area (TPSA) is 82.6 Å². The van der Waals surface area contributed by atoms with Gasteiger partial charge in [0, 0.05) is 31.9 Å². The fourth-order valence-corrected chi connectivity index (χ4v) is 6.22. The Morgan fingerprint density at radius 1 is 1.06 bits per heavy atom. The van der Waals surface area contributed by atoms with Crippen molar-refractivity contribution in [1.29, 1.82) is 0 Å². The van der Waals surface area contributed by atoms with Crippen molar-refractivity contribution in [2.75, 3.05) is 31.1 Å². The number of aryl methyl sites for hydroxylation is 1. The molecule has 0 saturated carbocycles. The summed E-state index contributed by atoms with van der Waals surface area (Å²) in [5, 5.41) is 0.882. The molecule has 4 rings (SSSR count). The van der Waals surface area contributed by atoms with Crippen LogP contribution >= 0.6 is 11.3 Å². The lowest BCUT2D eigenvalue weighted by molar-refractivity contribution is -0.134. The van der Waals surface area contributed by atoms with E-state index in [9.17, 15) is 13.2 Å². The van der Waals surface area contributed by atoms with E-state index < -0.39 is 16.1 Å². The van der Waals surface area contributed by atoms with Crippen molar-refractivity contribution in [3.05, 3.63) is 53.5 Å². The molecule has 1 saturated heterocycles. The zero-order chi connectivity index (χ0) is 22.9. The number of carbonyl (C=O) groups is 1. The Kier molecular flexibility index (Phi) is 6.50. The summed E-state index contributed by atoms with van der Waals surface area (Å²) in [6.45, 7) is 8.17. The second-order valence-corrected chi connectivity index (χ2v) is 11.3. The van der Waals surface area contributed by atoms with Gasteiger partial charge in [0.05, 0.1) is 20.1 Å². The van der Waals surface area contributed by atoms with Crippen LogP contribution in [0.2, 0.25) is 0 Å². The zero-order valence-corrected chi connectivity index (χ0v) is 20.1. The largest absolute Gasteiger partial charge is 0.368 e. The Morgan fingerprint density at radius 2 is 1.75 bits per heavy atom. The van der Waals surface area contributed by atoms with Gasteiger partial charge in [-0.1, -0.05) is 32.0 Å². The van der Waals surface area contributed by atoms with Gasteiger partial charge < -0.3 is 9.80 Å². The maximum atomic E-state index is 13.3. The van der Waals surface area contributed by atoms with Gasteiger partial charge in [-0.2, -0.15) is 4.72 Å². The number of nitrogens with one attached hydrogen (secondary N) is 1. The molecule has 1 atom stereocenters. The number of fused-ring (bicyclic) bond motifs is 1. The van der Waals surface area contributed by atoms with Gasteiger partial charge in [0.25, 0.3) is 0 Å². The van der Waals surface area contributed by atoms with Crippen molar-refractivity contribution < 1.29 is 13.2 Å². The second kappa shape index (κ2) is 9.17. The molecular formula is C23H28N4O3S2. The normalized spacial score (nSPS) is 16.0. The van der Waals surface area contributed by atoms with Crippen LogP contribution in [0, 0.1) is 12.8 Å². The first-order valence-corrected chi connectivity index (χ1v) is 13.0. The average molecular weight is 473 g/mol. The summed E-state index contributed by atoms with van der Waals surface area (Å²) in [5.41, 5.74) is 1.91. The number of amides is 1. The van der Waals surface area contributed by atoms with E-state index in [0.717, 1.165) is 20.9 Å². The first kappa shape index (κ1) is 22.7. The molecule has 0 aliphatic carbocycles. The van der Waals surface area contributed by atoms with Crippen LogP contribution in [0.25, 0.3) is 10.2 Å². The molecule has 2 aromatic carbocycles. The molecular weight excluding hydrogens is 444 g/mol. The number of carbonyl (C=O) groups excluding carboxylic acids is 1. The Hall–Kier alpha value is -2.49. The summed E-state index contributed by atoms with van der Waals surface area (Å²) >= 11 is 1.45. The van der Waals surface area contributed by atoms with Crippen molar-refractivity contribution in [2.24, 2.45) is 5.92 Å². The molecule has 170 valence electrons. The second-order valence-electron chi connectivity index (χ2n) is 8.35. The van der Waals surface area contributed by atoms with Crippen LogP contribution in [0.3, 0.4) is 0 Å². The molecule has 0 radical (unpaired) electrons. The number of para-hydroxylation sites is 1. The molecule has 3 aromatic rings. The van der Waals surface area contributed by atoms with Crippen molar-refractivity contribution in [2.45, 2.75) is 31.7 Å². The van der Waals surface area contributed by atoms with Crippen molar-refractivity contribution in [1.82, 2.24) is 14.6 Å². The SMILES string of the molecule is Cc1nc2ccc(S(=O)(=O)N[C@@H](C(=O)N3CCN(c4ccccc4)CC3)C(C)C)cc2s1. The average Bonchev–Trinajstić information content (AvgIpc) is 3.17. The lowest BCUT2D eigenvalue weighted by Gasteiger charge is -2.38. The van der Waals surface area contributed by atoms with Gasteiger partial charge in [-0.25, -0.2) is 13.4 Å². The Balaban J connectivity index is 1.47. The molecule has 1 amide bonds. The summed E-state index contributed by atoms with van der Waals surface area (Å²) in [4.78, 5) is 21.8. The molecule has 32 heavy (non-hydrogen) atoms. The highest BCUT2D eigenvalue weighted by Crippen LogP contribution is 2.25. The number of piperazine rings is 1. The summed E-state index contributed by atoms with van der Waals surface area (Å²) in [7, 11) is -3.85. The molecule has 2 heterocycles. The molecule has 0 spiro atoms. The fraction of sp³-hybridized carbons (Fsp3) is 0.391. The monoisotopic (exact) mass is 472 g/mol. The number of anilines is 1. The van der Waals surface area contributed by atoms with Crippen LogP contribution < -0.4 is 9.62 Å². The third kappa shape index (κ3) is 4.79. The molecule has 9 heteroatoms. The summed E-state index contributed by atoms with van der Waals surface area (Å²) in [6.07, 6.45) is 0. The highest BCUT2D eigenvalue weighted by molar-refractivity contribution is 7.89. The molecule has 0 unspecified atom stereocenters. The van der Waals surface area contributed by atoms with Crippen molar-refractivity contribution in [3.8, 4) is 0 Å². The van der Waals surface area contributed by atoms with E-state index in [1.807, 2.05) is 39.0 Å². The van der Waals surface area contributed by atoms with Crippen LogP contribution in [0.1, 0.15) is 18.9 Å². The first-order chi connectivity index (χ1) is 15.2. The van der Waals surface area contributed by atoms with Crippen molar-refractivity contribution in [3.63, 3.8) is 0 Å². The number of hydrogen-bond donors (Lipinski definition) is 1. The van der Waals surface area contributed by atoms with Crippen LogP contribution in [-0.4, -0.2) is 56.4 Å². The fourth-order valence-electron chi connectivity index (χ4n) is 3.91. The molecule has 1 fully saturated rings. The lowest BCUT2D eigenvalue weighted by Crippen LogP contribution is -2.56. The molecule has 1 aliphatic heterocycles. The minimum atomic E-state index is -3.85. The van der Waals surface area contributed by atoms with Gasteiger partial charge in [0.1, 0.15) is 6.04 Å². The van der Waals surface area contributed by atoms with E-state index in [1.54, 1.807) is 23.1 Å². The summed E-state index contributed by atoms with van der Waals surface area (Å²) < 4.78 is 29.7. The number of benzene rings is 2. The van der Waals surface area contributed by atoms with Gasteiger partial charge in [-0.05, 0) is 43.2 Å². The smallest absolute Gasteiger partial charge is 0.241 e. The molecule has 0 bridgehead atoms. The minimum Gasteiger partial charge on any atom is -0.368 e. The van der Waals surface area contributed by atoms with E-state index in [4.69, 9.17) is 0 Å². The van der Waals surface area contributed by atoms with Crippen LogP contribution in [0.4, 0.5) is 5.69 Å². The molecule has 1 aromatic heterocycles. The first-order valence-electron chi connectivity index (χ1n) is 10.7. The lowest BCUT2D eigenvalue weighted by atomic mass is 10.0. The minimum absolute atomic E-state index is 0.154. The van der Waals surface area contributed by atoms with E-state index >= 15 is 0 Å². The van der Waals surface area contributed by atoms with E-state index in [0.29, 0.717) is 26.2 Å². The number of hydrogen-bond acceptors (Lipinski definition) is 6. The van der Waals surface area contributed by atoms with Gasteiger partial charge in [0.2, 0.25) is 15.9 Å². The van der Waals surface area contributed by atoms with Gasteiger partial charge in [0.15, 0.2) is 0 Å². The number of aromatic nitrogens is 1. The molecule has 1 aliphatic rings. The Bertz CT molecular complexity index is 1200. The molecule has 1 N–H and O–H groups in total.